The van der Waals surface area contributed by atoms with Crippen LogP contribution in [-0.2, 0) is 6.54 Å². The number of rotatable bonds is 3. The number of carboxylic acids is 1. The van der Waals surface area contributed by atoms with E-state index in [0.717, 1.165) is 10.7 Å². The molecule has 1 aromatic carbocycles. The maximum atomic E-state index is 12.7. The van der Waals surface area contributed by atoms with E-state index < -0.39 is 11.5 Å². The minimum Gasteiger partial charge on any atom is -0.477 e. The molecule has 1 heterocycles. The van der Waals surface area contributed by atoms with E-state index in [1.54, 1.807) is 0 Å². The first kappa shape index (κ1) is 12.0. The largest absolute Gasteiger partial charge is 0.477 e. The lowest BCUT2D eigenvalue weighted by atomic mass is 10.2. The first-order chi connectivity index (χ1) is 8.58. The number of benzene rings is 1. The summed E-state index contributed by atoms with van der Waals surface area (Å²) in [5, 5.41) is 12.6. The highest BCUT2D eigenvalue weighted by atomic mass is 19.1. The Hall–Kier alpha value is -2.50. The van der Waals surface area contributed by atoms with E-state index in [2.05, 4.69) is 5.10 Å². The van der Waals surface area contributed by atoms with E-state index in [1.165, 1.54) is 30.5 Å². The minimum absolute atomic E-state index is 0.0975. The average molecular weight is 248 g/mol. The third-order valence-electron chi connectivity index (χ3n) is 2.39. The van der Waals surface area contributed by atoms with Crippen LogP contribution in [0.1, 0.15) is 15.9 Å². The molecule has 0 amide bonds. The van der Waals surface area contributed by atoms with Crippen molar-refractivity contribution in [3.8, 4) is 0 Å². The molecule has 1 N–H and O–H groups in total. The van der Waals surface area contributed by atoms with Crippen LogP contribution in [0.4, 0.5) is 4.39 Å². The highest BCUT2D eigenvalue weighted by Crippen LogP contribution is 2.03. The van der Waals surface area contributed by atoms with Crippen LogP contribution in [-0.4, -0.2) is 20.9 Å². The molecule has 0 radical (unpaired) electrons. The fourth-order valence-corrected chi connectivity index (χ4v) is 1.49. The molecule has 0 saturated carbocycles. The summed E-state index contributed by atoms with van der Waals surface area (Å²) in [5.74, 6) is -1.67. The van der Waals surface area contributed by atoms with Crippen LogP contribution >= 0.6 is 0 Å². The molecule has 18 heavy (non-hydrogen) atoms. The fourth-order valence-electron chi connectivity index (χ4n) is 1.49. The number of aromatic nitrogens is 2. The lowest BCUT2D eigenvalue weighted by Gasteiger charge is -2.05. The molecule has 2 rings (SSSR count). The monoisotopic (exact) mass is 248 g/mol. The molecule has 92 valence electrons. The molecule has 0 saturated heterocycles. The van der Waals surface area contributed by atoms with Crippen molar-refractivity contribution in [3.05, 3.63) is 63.8 Å². The second-order valence-corrected chi connectivity index (χ2v) is 3.64. The van der Waals surface area contributed by atoms with E-state index in [-0.39, 0.29) is 17.9 Å². The van der Waals surface area contributed by atoms with Gasteiger partial charge in [-0.05, 0) is 23.8 Å². The molecule has 1 aromatic heterocycles. The Kier molecular flexibility index (Phi) is 3.18. The number of nitrogens with zero attached hydrogens (tertiary/aromatic N) is 2. The first-order valence-electron chi connectivity index (χ1n) is 5.12. The van der Waals surface area contributed by atoms with Gasteiger partial charge in [0.2, 0.25) is 0 Å². The van der Waals surface area contributed by atoms with Crippen LogP contribution < -0.4 is 5.56 Å². The lowest BCUT2D eigenvalue weighted by Crippen LogP contribution is -2.28. The quantitative estimate of drug-likeness (QED) is 0.883. The predicted octanol–water partition coefficient (Wildman–Crippen LogP) is 1.13. The molecule has 0 aliphatic carbocycles. The molecule has 0 unspecified atom stereocenters. The van der Waals surface area contributed by atoms with Crippen molar-refractivity contribution in [2.24, 2.45) is 0 Å². The average Bonchev–Trinajstić information content (AvgIpc) is 2.34. The molecule has 0 aliphatic heterocycles. The van der Waals surface area contributed by atoms with Gasteiger partial charge in [-0.25, -0.2) is 13.9 Å². The highest BCUT2D eigenvalue weighted by molar-refractivity contribution is 5.86. The van der Waals surface area contributed by atoms with Crippen LogP contribution in [0.5, 0.6) is 0 Å². The van der Waals surface area contributed by atoms with Gasteiger partial charge in [-0.3, -0.25) is 4.79 Å². The molecule has 0 spiro atoms. The standard InChI is InChI=1S/C12H9FN2O3/c13-9-3-1-8(2-4-9)7-15-11(16)10(12(17)18)5-6-14-15/h1-6H,7H2,(H,17,18). The van der Waals surface area contributed by atoms with Crippen LogP contribution in [0.25, 0.3) is 0 Å². The maximum Gasteiger partial charge on any atom is 0.341 e. The van der Waals surface area contributed by atoms with Gasteiger partial charge in [-0.15, -0.1) is 0 Å². The first-order valence-corrected chi connectivity index (χ1v) is 5.12. The van der Waals surface area contributed by atoms with Crippen molar-refractivity contribution in [1.29, 1.82) is 0 Å². The van der Waals surface area contributed by atoms with Crippen molar-refractivity contribution in [2.75, 3.05) is 0 Å². The van der Waals surface area contributed by atoms with Gasteiger partial charge < -0.3 is 5.11 Å². The summed E-state index contributed by atoms with van der Waals surface area (Å²) in [7, 11) is 0. The zero-order valence-electron chi connectivity index (χ0n) is 9.21. The van der Waals surface area contributed by atoms with E-state index in [9.17, 15) is 14.0 Å². The normalized spacial score (nSPS) is 10.3. The molecule has 0 fully saturated rings. The summed E-state index contributed by atoms with van der Waals surface area (Å²) in [6, 6.07) is 6.70. The Balaban J connectivity index is 2.35. The van der Waals surface area contributed by atoms with Crippen LogP contribution in [0.2, 0.25) is 0 Å². The second kappa shape index (κ2) is 4.79. The Morgan fingerprint density at radius 1 is 1.28 bits per heavy atom. The van der Waals surface area contributed by atoms with Crippen LogP contribution in [0.15, 0.2) is 41.3 Å². The predicted molar refractivity (Wildman–Crippen MR) is 61.0 cm³/mol. The number of halogens is 1. The van der Waals surface area contributed by atoms with Gasteiger partial charge in [0.15, 0.2) is 0 Å². The number of carboxylic acid groups (broad SMARTS) is 1. The summed E-state index contributed by atoms with van der Waals surface area (Å²) in [4.78, 5) is 22.5. The molecule has 2 aromatic rings. The minimum atomic E-state index is -1.30. The van der Waals surface area contributed by atoms with Gasteiger partial charge in [-0.1, -0.05) is 12.1 Å². The number of aromatic carboxylic acids is 1. The lowest BCUT2D eigenvalue weighted by molar-refractivity contribution is 0.0693. The molecule has 0 aliphatic rings. The summed E-state index contributed by atoms with van der Waals surface area (Å²) < 4.78 is 13.7. The van der Waals surface area contributed by atoms with Gasteiger partial charge in [0, 0.05) is 6.20 Å². The summed E-state index contributed by atoms with van der Waals surface area (Å²) in [6.45, 7) is 0.0975. The van der Waals surface area contributed by atoms with E-state index in [4.69, 9.17) is 5.11 Å². The summed E-state index contributed by atoms with van der Waals surface area (Å²) in [5.41, 5.74) is -0.366. The number of hydrogen-bond donors (Lipinski definition) is 1. The molecule has 6 heteroatoms. The third kappa shape index (κ3) is 2.42. The Labute approximate surface area is 101 Å². The zero-order valence-corrected chi connectivity index (χ0v) is 9.21. The zero-order chi connectivity index (χ0) is 13.1. The van der Waals surface area contributed by atoms with Gasteiger partial charge in [0.05, 0.1) is 6.54 Å². The van der Waals surface area contributed by atoms with Gasteiger partial charge in [0.1, 0.15) is 11.4 Å². The van der Waals surface area contributed by atoms with Crippen molar-refractivity contribution in [1.82, 2.24) is 9.78 Å². The Morgan fingerprint density at radius 3 is 2.56 bits per heavy atom. The molecular weight excluding hydrogens is 239 g/mol. The number of hydrogen-bond acceptors (Lipinski definition) is 3. The fraction of sp³-hybridized carbons (Fsp3) is 0.0833. The van der Waals surface area contributed by atoms with Crippen molar-refractivity contribution >= 4 is 5.97 Å². The van der Waals surface area contributed by atoms with E-state index in [0.29, 0.717) is 5.56 Å². The molecule has 0 bridgehead atoms. The van der Waals surface area contributed by atoms with Gasteiger partial charge in [0.25, 0.3) is 5.56 Å². The Morgan fingerprint density at radius 2 is 1.94 bits per heavy atom. The smallest absolute Gasteiger partial charge is 0.341 e. The van der Waals surface area contributed by atoms with Crippen molar-refractivity contribution in [3.63, 3.8) is 0 Å². The summed E-state index contributed by atoms with van der Waals surface area (Å²) >= 11 is 0. The van der Waals surface area contributed by atoms with Gasteiger partial charge >= 0.3 is 5.97 Å². The molecular formula is C12H9FN2O3. The molecule has 5 nitrogen and oxygen atoms in total. The summed E-state index contributed by atoms with van der Waals surface area (Å²) in [6.07, 6.45) is 1.24. The third-order valence-corrected chi connectivity index (χ3v) is 2.39. The van der Waals surface area contributed by atoms with Crippen molar-refractivity contribution in [2.45, 2.75) is 6.54 Å². The topological polar surface area (TPSA) is 72.2 Å². The molecule has 0 atom stereocenters. The Bertz CT molecular complexity index is 635. The van der Waals surface area contributed by atoms with Gasteiger partial charge in [-0.2, -0.15) is 5.10 Å². The number of carbonyl (C=O) groups is 1. The SMILES string of the molecule is O=C(O)c1ccnn(Cc2ccc(F)cc2)c1=O. The maximum absolute atomic E-state index is 12.7. The van der Waals surface area contributed by atoms with E-state index >= 15 is 0 Å². The second-order valence-electron chi connectivity index (χ2n) is 3.64. The van der Waals surface area contributed by atoms with Crippen LogP contribution in [0.3, 0.4) is 0 Å². The van der Waals surface area contributed by atoms with Crippen molar-refractivity contribution < 1.29 is 14.3 Å². The van der Waals surface area contributed by atoms with E-state index in [1.807, 2.05) is 0 Å². The van der Waals surface area contributed by atoms with Crippen LogP contribution in [0, 0.1) is 5.82 Å². The highest BCUT2D eigenvalue weighted by Gasteiger charge is 2.11.